The van der Waals surface area contributed by atoms with Crippen LogP contribution in [0.25, 0.3) is 0 Å². The molecule has 1 aromatic heterocycles. The van der Waals surface area contributed by atoms with Crippen LogP contribution in [0.4, 0.5) is 5.69 Å². The van der Waals surface area contributed by atoms with Gasteiger partial charge in [0.2, 0.25) is 0 Å². The Kier molecular flexibility index (Phi) is 8.21. The molecule has 0 saturated carbocycles. The molecule has 2 heterocycles. The third kappa shape index (κ3) is 6.62. The third-order valence-electron chi connectivity index (χ3n) is 6.30. The minimum absolute atomic E-state index is 0.0691. The van der Waals surface area contributed by atoms with E-state index in [1.807, 2.05) is 24.3 Å². The standard InChI is InChI=1S/C29H32N2O5/c1-20(2)17-21-8-10-22(11-9-21)28(33)23-12-14-31(15-13-23)27(32)19-36-25-6-3-5-24(18-25)30-29(34)26-7-4-16-35-26/h3-11,16,18,20,23H,12-15,17,19H2,1-2H3,(H,30,34). The smallest absolute Gasteiger partial charge is 0.291 e. The molecule has 0 unspecified atom stereocenters. The highest BCUT2D eigenvalue weighted by atomic mass is 16.5. The van der Waals surface area contributed by atoms with Crippen LogP contribution < -0.4 is 10.1 Å². The lowest BCUT2D eigenvalue weighted by molar-refractivity contribution is -0.134. The molecule has 0 aliphatic carbocycles. The van der Waals surface area contributed by atoms with Crippen LogP contribution in [0.5, 0.6) is 5.75 Å². The maximum Gasteiger partial charge on any atom is 0.291 e. The van der Waals surface area contributed by atoms with Crippen molar-refractivity contribution in [1.29, 1.82) is 0 Å². The number of hydrogen-bond acceptors (Lipinski definition) is 5. The summed E-state index contributed by atoms with van der Waals surface area (Å²) in [6, 6.07) is 18.0. The Morgan fingerprint density at radius 3 is 2.44 bits per heavy atom. The van der Waals surface area contributed by atoms with Gasteiger partial charge in [-0.3, -0.25) is 14.4 Å². The van der Waals surface area contributed by atoms with Crippen molar-refractivity contribution in [3.63, 3.8) is 0 Å². The maximum absolute atomic E-state index is 12.9. The number of amides is 2. The van der Waals surface area contributed by atoms with Crippen molar-refractivity contribution in [3.8, 4) is 5.75 Å². The molecule has 1 saturated heterocycles. The lowest BCUT2D eigenvalue weighted by atomic mass is 9.88. The summed E-state index contributed by atoms with van der Waals surface area (Å²) in [5.74, 6) is 0.868. The van der Waals surface area contributed by atoms with Crippen molar-refractivity contribution in [2.45, 2.75) is 33.1 Å². The van der Waals surface area contributed by atoms with E-state index in [-0.39, 0.29) is 35.9 Å². The van der Waals surface area contributed by atoms with Crippen LogP contribution in [-0.2, 0) is 11.2 Å². The zero-order chi connectivity index (χ0) is 25.5. The Morgan fingerprint density at radius 1 is 1.03 bits per heavy atom. The van der Waals surface area contributed by atoms with Gasteiger partial charge in [0.05, 0.1) is 6.26 Å². The van der Waals surface area contributed by atoms with E-state index in [0.717, 1.165) is 12.0 Å². The molecule has 36 heavy (non-hydrogen) atoms. The lowest BCUT2D eigenvalue weighted by Gasteiger charge is -2.31. The summed E-state index contributed by atoms with van der Waals surface area (Å²) in [5, 5.41) is 2.74. The van der Waals surface area contributed by atoms with Crippen LogP contribution in [-0.4, -0.2) is 42.2 Å². The molecule has 4 rings (SSSR count). The van der Waals surface area contributed by atoms with Gasteiger partial charge in [-0.25, -0.2) is 0 Å². The van der Waals surface area contributed by atoms with Gasteiger partial charge in [0.1, 0.15) is 5.75 Å². The molecule has 0 radical (unpaired) electrons. The highest BCUT2D eigenvalue weighted by Crippen LogP contribution is 2.23. The van der Waals surface area contributed by atoms with Gasteiger partial charge in [-0.15, -0.1) is 0 Å². The number of anilines is 1. The maximum atomic E-state index is 12.9. The summed E-state index contributed by atoms with van der Waals surface area (Å²) < 4.78 is 10.8. The lowest BCUT2D eigenvalue weighted by Crippen LogP contribution is -2.42. The minimum Gasteiger partial charge on any atom is -0.484 e. The molecule has 3 aromatic rings. The molecule has 1 fully saturated rings. The van der Waals surface area contributed by atoms with Gasteiger partial charge in [0.25, 0.3) is 11.8 Å². The first-order chi connectivity index (χ1) is 17.4. The van der Waals surface area contributed by atoms with E-state index in [1.165, 1.54) is 11.8 Å². The number of carbonyl (C=O) groups excluding carboxylic acids is 3. The SMILES string of the molecule is CC(C)Cc1ccc(C(=O)C2CCN(C(=O)COc3cccc(NC(=O)c4ccco4)c3)CC2)cc1. The Hall–Kier alpha value is -3.87. The molecule has 0 spiro atoms. The molecule has 2 aromatic carbocycles. The van der Waals surface area contributed by atoms with E-state index in [9.17, 15) is 14.4 Å². The summed E-state index contributed by atoms with van der Waals surface area (Å²) in [5.41, 5.74) is 2.53. The molecule has 1 aliphatic heterocycles. The Balaban J connectivity index is 1.24. The molecule has 1 N–H and O–H groups in total. The van der Waals surface area contributed by atoms with Crippen molar-refractivity contribution in [3.05, 3.63) is 83.8 Å². The summed E-state index contributed by atoms with van der Waals surface area (Å²) in [6.07, 6.45) is 3.73. The Bertz CT molecular complexity index is 1180. The first kappa shape index (κ1) is 25.2. The second-order valence-electron chi connectivity index (χ2n) is 9.56. The van der Waals surface area contributed by atoms with Crippen LogP contribution in [0.15, 0.2) is 71.3 Å². The zero-order valence-electron chi connectivity index (χ0n) is 20.7. The van der Waals surface area contributed by atoms with Gasteiger partial charge < -0.3 is 19.4 Å². The van der Waals surface area contributed by atoms with Crippen molar-refractivity contribution in [2.75, 3.05) is 25.0 Å². The second kappa shape index (κ2) is 11.7. The zero-order valence-corrected chi connectivity index (χ0v) is 20.7. The number of rotatable bonds is 9. The predicted molar refractivity (Wildman–Crippen MR) is 137 cm³/mol. The highest BCUT2D eigenvalue weighted by Gasteiger charge is 2.28. The van der Waals surface area contributed by atoms with Crippen molar-refractivity contribution < 1.29 is 23.5 Å². The Morgan fingerprint density at radius 2 is 1.78 bits per heavy atom. The van der Waals surface area contributed by atoms with Crippen molar-refractivity contribution in [2.24, 2.45) is 11.8 Å². The fourth-order valence-electron chi connectivity index (χ4n) is 4.40. The predicted octanol–water partition coefficient (Wildman–Crippen LogP) is 5.23. The van der Waals surface area contributed by atoms with E-state index >= 15 is 0 Å². The van der Waals surface area contributed by atoms with E-state index in [2.05, 4.69) is 19.2 Å². The molecule has 1 aliphatic rings. The van der Waals surface area contributed by atoms with E-state index in [1.54, 1.807) is 41.3 Å². The molecule has 7 nitrogen and oxygen atoms in total. The van der Waals surface area contributed by atoms with Crippen LogP contribution in [0.2, 0.25) is 0 Å². The minimum atomic E-state index is -0.364. The van der Waals surface area contributed by atoms with Gasteiger partial charge in [0, 0.05) is 36.3 Å². The summed E-state index contributed by atoms with van der Waals surface area (Å²) in [7, 11) is 0. The number of likely N-dealkylation sites (tertiary alicyclic amines) is 1. The number of ketones is 1. The molecular formula is C29H32N2O5. The molecular weight excluding hydrogens is 456 g/mol. The fourth-order valence-corrected chi connectivity index (χ4v) is 4.40. The van der Waals surface area contributed by atoms with E-state index in [4.69, 9.17) is 9.15 Å². The van der Waals surface area contributed by atoms with E-state index in [0.29, 0.717) is 43.3 Å². The average Bonchev–Trinajstić information content (AvgIpc) is 3.43. The number of benzene rings is 2. The number of nitrogens with zero attached hydrogens (tertiary/aromatic N) is 1. The monoisotopic (exact) mass is 488 g/mol. The van der Waals surface area contributed by atoms with Gasteiger partial charge in [-0.2, -0.15) is 0 Å². The summed E-state index contributed by atoms with van der Waals surface area (Å²) >= 11 is 0. The second-order valence-corrected chi connectivity index (χ2v) is 9.56. The fraction of sp³-hybridized carbons (Fsp3) is 0.345. The van der Waals surface area contributed by atoms with Crippen molar-refractivity contribution in [1.82, 2.24) is 4.90 Å². The topological polar surface area (TPSA) is 88.9 Å². The molecule has 188 valence electrons. The molecule has 2 amide bonds. The normalized spacial score (nSPS) is 14.0. The number of Topliss-reactive ketones (excluding diaryl/α,β-unsaturated/α-hetero) is 1. The first-order valence-corrected chi connectivity index (χ1v) is 12.4. The number of piperidine rings is 1. The van der Waals surface area contributed by atoms with E-state index < -0.39 is 0 Å². The first-order valence-electron chi connectivity index (χ1n) is 12.4. The number of hydrogen-bond donors (Lipinski definition) is 1. The van der Waals surface area contributed by atoms with Crippen LogP contribution >= 0.6 is 0 Å². The van der Waals surface area contributed by atoms with Gasteiger partial charge in [-0.1, -0.05) is 44.2 Å². The highest BCUT2D eigenvalue weighted by molar-refractivity contribution is 6.02. The van der Waals surface area contributed by atoms with Crippen LogP contribution in [0.1, 0.15) is 53.2 Å². The number of furan rings is 1. The quantitative estimate of drug-likeness (QED) is 0.417. The van der Waals surface area contributed by atoms with Gasteiger partial charge >= 0.3 is 0 Å². The van der Waals surface area contributed by atoms with Gasteiger partial charge in [-0.05, 0) is 55.0 Å². The summed E-state index contributed by atoms with van der Waals surface area (Å²) in [6.45, 7) is 5.32. The summed E-state index contributed by atoms with van der Waals surface area (Å²) in [4.78, 5) is 39.5. The average molecular weight is 489 g/mol. The Labute approximate surface area is 211 Å². The largest absolute Gasteiger partial charge is 0.484 e. The van der Waals surface area contributed by atoms with Crippen molar-refractivity contribution >= 4 is 23.3 Å². The molecule has 0 bridgehead atoms. The molecule has 0 atom stereocenters. The van der Waals surface area contributed by atoms with Gasteiger partial charge in [0.15, 0.2) is 18.2 Å². The number of ether oxygens (including phenoxy) is 1. The number of carbonyl (C=O) groups is 3. The van der Waals surface area contributed by atoms with Crippen LogP contribution in [0.3, 0.4) is 0 Å². The van der Waals surface area contributed by atoms with Crippen LogP contribution in [0, 0.1) is 11.8 Å². The number of nitrogens with one attached hydrogen (secondary N) is 1. The molecule has 7 heteroatoms. The third-order valence-corrected chi connectivity index (χ3v) is 6.30.